The summed E-state index contributed by atoms with van der Waals surface area (Å²) in [4.78, 5) is 27.3. The van der Waals surface area contributed by atoms with E-state index in [1.807, 2.05) is 30.3 Å². The second-order valence-electron chi connectivity index (χ2n) is 12.0. The molecular weight excluding hydrogens is 703 g/mol. The average Bonchev–Trinajstić information content (AvgIpc) is 3.11. The smallest absolute Gasteiger partial charge is 0.251 e. The molecule has 4 aromatic rings. The predicted octanol–water partition coefficient (Wildman–Crippen LogP) is 5.01. The second kappa shape index (κ2) is 17.9. The van der Waals surface area contributed by atoms with Gasteiger partial charge in [0.15, 0.2) is 0 Å². The van der Waals surface area contributed by atoms with Gasteiger partial charge in [-0.15, -0.1) is 0 Å². The Labute approximate surface area is 300 Å². The molecule has 3 N–H and O–H groups in total. The lowest BCUT2D eigenvalue weighted by Gasteiger charge is -2.27. The Balaban J connectivity index is 1.60. The Morgan fingerprint density at radius 3 is 1.94 bits per heavy atom. The van der Waals surface area contributed by atoms with E-state index < -0.39 is 70.2 Å². The van der Waals surface area contributed by atoms with E-state index in [-0.39, 0.29) is 35.6 Å². The van der Waals surface area contributed by atoms with E-state index in [2.05, 4.69) is 10.6 Å². The fraction of sp³-hybridized carbons (Fsp3) is 0.297. The molecule has 0 unspecified atom stereocenters. The van der Waals surface area contributed by atoms with E-state index in [0.29, 0.717) is 11.8 Å². The average molecular weight is 744 g/mol. The minimum Gasteiger partial charge on any atom is -0.491 e. The van der Waals surface area contributed by atoms with Crippen molar-refractivity contribution in [1.82, 2.24) is 10.6 Å². The van der Waals surface area contributed by atoms with Crippen LogP contribution in [0.1, 0.15) is 45.7 Å². The number of nitrogens with one attached hydrogen (secondary N) is 2. The molecule has 0 fully saturated rings. The number of hydrogen-bond acceptors (Lipinski definition) is 8. The number of sulfonamides is 1. The van der Waals surface area contributed by atoms with Crippen LogP contribution in [0.25, 0.3) is 0 Å². The molecule has 0 heterocycles. The van der Waals surface area contributed by atoms with Gasteiger partial charge in [-0.1, -0.05) is 30.3 Å². The first-order chi connectivity index (χ1) is 24.6. The van der Waals surface area contributed by atoms with Crippen molar-refractivity contribution in [3.8, 4) is 11.5 Å². The molecule has 15 heteroatoms. The summed E-state index contributed by atoms with van der Waals surface area (Å²) in [7, 11) is -1.19. The van der Waals surface area contributed by atoms with E-state index in [0.717, 1.165) is 28.3 Å². The van der Waals surface area contributed by atoms with Crippen LogP contribution < -0.4 is 24.4 Å². The highest BCUT2D eigenvalue weighted by atomic mass is 32.2. The molecule has 0 spiro atoms. The SMILES string of the molecule is CO[C@@H](COc1ccc(F)cc1)C[C@H](O)[C@H](COc1cc(F)cc(F)c1)NC(=O)c1cc(C(=O)N[C@H](C)c2ccccc2)cc(N(C)S(C)(=O)=O)c1. The molecule has 4 atom stereocenters. The van der Waals surface area contributed by atoms with Gasteiger partial charge in [0.2, 0.25) is 10.0 Å². The van der Waals surface area contributed by atoms with E-state index in [4.69, 9.17) is 14.2 Å². The Hall–Kier alpha value is -5.12. The summed E-state index contributed by atoms with van der Waals surface area (Å²) in [5, 5.41) is 16.8. The minimum absolute atomic E-state index is 0.00800. The van der Waals surface area contributed by atoms with Crippen LogP contribution in [-0.2, 0) is 14.8 Å². The number of methoxy groups -OCH3 is 1. The van der Waals surface area contributed by atoms with Gasteiger partial charge in [0.05, 0.1) is 36.2 Å². The third-order valence-electron chi connectivity index (χ3n) is 8.08. The monoisotopic (exact) mass is 743 g/mol. The van der Waals surface area contributed by atoms with Crippen molar-refractivity contribution in [2.45, 2.75) is 37.6 Å². The van der Waals surface area contributed by atoms with Gasteiger partial charge >= 0.3 is 0 Å². The van der Waals surface area contributed by atoms with Crippen molar-refractivity contribution < 1.29 is 50.5 Å². The summed E-state index contributed by atoms with van der Waals surface area (Å²) in [6.45, 7) is 1.22. The fourth-order valence-corrected chi connectivity index (χ4v) is 5.52. The molecule has 0 aliphatic heterocycles. The number of ether oxygens (including phenoxy) is 3. The van der Waals surface area contributed by atoms with Gasteiger partial charge < -0.3 is 30.0 Å². The lowest BCUT2D eigenvalue weighted by atomic mass is 10.0. The Morgan fingerprint density at radius 1 is 0.788 bits per heavy atom. The fourth-order valence-electron chi connectivity index (χ4n) is 5.04. The van der Waals surface area contributed by atoms with Crippen LogP contribution in [0.2, 0.25) is 0 Å². The molecule has 52 heavy (non-hydrogen) atoms. The van der Waals surface area contributed by atoms with Gasteiger partial charge in [0, 0.05) is 49.9 Å². The van der Waals surface area contributed by atoms with E-state index >= 15 is 0 Å². The highest BCUT2D eigenvalue weighted by molar-refractivity contribution is 7.92. The number of amides is 2. The molecule has 0 aromatic heterocycles. The van der Waals surface area contributed by atoms with Gasteiger partial charge in [0.25, 0.3) is 11.8 Å². The molecule has 0 aliphatic carbocycles. The highest BCUT2D eigenvalue weighted by Gasteiger charge is 2.28. The zero-order valence-corrected chi connectivity index (χ0v) is 29.7. The molecule has 0 saturated heterocycles. The number of halogens is 3. The van der Waals surface area contributed by atoms with E-state index in [9.17, 15) is 36.3 Å². The van der Waals surface area contributed by atoms with Gasteiger partial charge in [-0.3, -0.25) is 13.9 Å². The first-order valence-corrected chi connectivity index (χ1v) is 17.9. The van der Waals surface area contributed by atoms with Gasteiger partial charge in [-0.25, -0.2) is 21.6 Å². The number of benzene rings is 4. The molecule has 0 radical (unpaired) electrons. The summed E-state index contributed by atoms with van der Waals surface area (Å²) >= 11 is 0. The van der Waals surface area contributed by atoms with Crippen molar-refractivity contribution in [2.24, 2.45) is 0 Å². The van der Waals surface area contributed by atoms with Crippen LogP contribution >= 0.6 is 0 Å². The number of hydrogen-bond donors (Lipinski definition) is 3. The topological polar surface area (TPSA) is 144 Å². The first-order valence-electron chi connectivity index (χ1n) is 16.1. The molecule has 0 saturated carbocycles. The van der Waals surface area contributed by atoms with Crippen molar-refractivity contribution >= 4 is 27.5 Å². The molecule has 4 aromatic carbocycles. The Bertz CT molecular complexity index is 1910. The molecule has 4 rings (SSSR count). The standard InChI is InChI=1S/C37H40F3N3O8S/c1-23(24-8-6-5-7-9-24)41-36(45)25-14-26(16-30(15-25)43(2)52(4,47)48)37(46)42-34(22-51-32-18-28(39)17-29(40)19-32)35(44)20-33(49-3)21-50-31-12-10-27(38)11-13-31/h5-19,23,33-35,44H,20-22H2,1-4H3,(H,41,45)(H,42,46)/t23-,33-,34+,35+/m1/s1. The number of rotatable bonds is 17. The normalized spacial score (nSPS) is 13.7. The maximum absolute atomic E-state index is 13.9. The van der Waals surface area contributed by atoms with Crippen LogP contribution in [0.4, 0.5) is 18.9 Å². The Kier molecular flexibility index (Phi) is 13.6. The molecule has 11 nitrogen and oxygen atoms in total. The van der Waals surface area contributed by atoms with Crippen LogP contribution in [0.15, 0.2) is 91.0 Å². The highest BCUT2D eigenvalue weighted by Crippen LogP contribution is 2.23. The summed E-state index contributed by atoms with van der Waals surface area (Å²) in [6, 6.07) is 19.0. The largest absolute Gasteiger partial charge is 0.491 e. The number of aliphatic hydroxyl groups excluding tert-OH is 1. The maximum Gasteiger partial charge on any atom is 0.251 e. The van der Waals surface area contributed by atoms with Gasteiger partial charge in [0.1, 0.15) is 42.2 Å². The van der Waals surface area contributed by atoms with Crippen molar-refractivity contribution in [1.29, 1.82) is 0 Å². The first kappa shape index (κ1) is 39.7. The summed E-state index contributed by atoms with van der Waals surface area (Å²) in [5.74, 6) is -3.56. The van der Waals surface area contributed by atoms with Crippen molar-refractivity contribution in [3.63, 3.8) is 0 Å². The quantitative estimate of drug-likeness (QED) is 0.137. The van der Waals surface area contributed by atoms with E-state index in [1.54, 1.807) is 6.92 Å². The van der Waals surface area contributed by atoms with Gasteiger partial charge in [-0.05, 0) is 55.0 Å². The number of carbonyl (C=O) groups is 2. The molecule has 0 aliphatic rings. The third-order valence-corrected chi connectivity index (χ3v) is 9.29. The molecular formula is C37H40F3N3O8S. The Morgan fingerprint density at radius 2 is 1.37 bits per heavy atom. The van der Waals surface area contributed by atoms with E-state index in [1.165, 1.54) is 56.6 Å². The van der Waals surface area contributed by atoms with Crippen molar-refractivity contribution in [3.05, 3.63) is 125 Å². The zero-order valence-electron chi connectivity index (χ0n) is 28.9. The predicted molar refractivity (Wildman–Crippen MR) is 188 cm³/mol. The summed E-state index contributed by atoms with van der Waals surface area (Å²) in [5.41, 5.74) is 0.656. The third kappa shape index (κ3) is 11.4. The van der Waals surface area contributed by atoms with Crippen LogP contribution in [0.5, 0.6) is 11.5 Å². The maximum atomic E-state index is 13.9. The van der Waals surface area contributed by atoms with Gasteiger partial charge in [-0.2, -0.15) is 0 Å². The number of nitrogens with zero attached hydrogens (tertiary/aromatic N) is 1. The van der Waals surface area contributed by atoms with Crippen LogP contribution in [-0.4, -0.2) is 77.2 Å². The number of aliphatic hydroxyl groups is 1. The number of carbonyl (C=O) groups excluding carboxylic acids is 2. The zero-order chi connectivity index (χ0) is 38.0. The minimum atomic E-state index is -3.83. The van der Waals surface area contributed by atoms with Crippen molar-refractivity contribution in [2.75, 3.05) is 37.9 Å². The lowest BCUT2D eigenvalue weighted by molar-refractivity contribution is 0.0000720. The number of anilines is 1. The van der Waals surface area contributed by atoms with Crippen LogP contribution in [0.3, 0.4) is 0 Å². The van der Waals surface area contributed by atoms with Crippen LogP contribution in [0, 0.1) is 17.5 Å². The molecule has 2 amide bonds. The summed E-state index contributed by atoms with van der Waals surface area (Å²) < 4.78 is 83.7. The summed E-state index contributed by atoms with van der Waals surface area (Å²) in [6.07, 6.45) is -1.33. The lowest BCUT2D eigenvalue weighted by Crippen LogP contribution is -2.49. The second-order valence-corrected chi connectivity index (χ2v) is 14.0. The molecule has 0 bridgehead atoms. The molecule has 278 valence electrons.